The summed E-state index contributed by atoms with van der Waals surface area (Å²) in [7, 11) is 1.90. The van der Waals surface area contributed by atoms with Crippen LogP contribution in [0.4, 0.5) is 0 Å². The summed E-state index contributed by atoms with van der Waals surface area (Å²) in [5.41, 5.74) is 7.61. The number of nitrogens with zero attached hydrogens (tertiary/aromatic N) is 4. The lowest BCUT2D eigenvalue weighted by molar-refractivity contribution is 0.685. The van der Waals surface area contributed by atoms with Gasteiger partial charge in [0.05, 0.1) is 24.3 Å². The Morgan fingerprint density at radius 2 is 2.36 bits per heavy atom. The first-order valence-corrected chi connectivity index (χ1v) is 4.47. The summed E-state index contributed by atoms with van der Waals surface area (Å²) in [5, 5.41) is 4.29. The van der Waals surface area contributed by atoms with E-state index in [1.807, 2.05) is 23.9 Å². The molecule has 14 heavy (non-hydrogen) atoms. The Morgan fingerprint density at radius 3 is 3.00 bits per heavy atom. The van der Waals surface area contributed by atoms with E-state index >= 15 is 0 Å². The summed E-state index contributed by atoms with van der Waals surface area (Å²) in [6.07, 6.45) is 5.48. The minimum atomic E-state index is 0.507. The van der Waals surface area contributed by atoms with Crippen molar-refractivity contribution < 1.29 is 0 Å². The van der Waals surface area contributed by atoms with Crippen LogP contribution in [0.15, 0.2) is 24.8 Å². The fourth-order valence-corrected chi connectivity index (χ4v) is 1.38. The van der Waals surface area contributed by atoms with E-state index in [-0.39, 0.29) is 0 Å². The van der Waals surface area contributed by atoms with Gasteiger partial charge in [-0.05, 0) is 6.07 Å². The molecule has 2 N–H and O–H groups in total. The molecule has 0 aliphatic heterocycles. The SMILES string of the molecule is Cn1ccc(Cn2cncc2CN)n1. The molecular formula is C9H13N5. The molecule has 0 amide bonds. The topological polar surface area (TPSA) is 61.7 Å². The quantitative estimate of drug-likeness (QED) is 0.749. The van der Waals surface area contributed by atoms with Gasteiger partial charge in [-0.25, -0.2) is 4.98 Å². The molecule has 74 valence electrons. The van der Waals surface area contributed by atoms with E-state index in [0.717, 1.165) is 17.9 Å². The van der Waals surface area contributed by atoms with Crippen LogP contribution >= 0.6 is 0 Å². The number of aromatic nitrogens is 4. The Bertz CT molecular complexity index is 414. The fraction of sp³-hybridized carbons (Fsp3) is 0.333. The molecule has 5 heteroatoms. The zero-order valence-corrected chi connectivity index (χ0v) is 8.09. The van der Waals surface area contributed by atoms with E-state index in [1.165, 1.54) is 0 Å². The molecule has 2 aromatic rings. The van der Waals surface area contributed by atoms with E-state index in [1.54, 1.807) is 17.2 Å². The average molecular weight is 191 g/mol. The van der Waals surface area contributed by atoms with Gasteiger partial charge < -0.3 is 10.3 Å². The highest BCUT2D eigenvalue weighted by Gasteiger charge is 2.02. The van der Waals surface area contributed by atoms with Gasteiger partial charge in [-0.1, -0.05) is 0 Å². The molecule has 0 saturated heterocycles. The van der Waals surface area contributed by atoms with Crippen molar-refractivity contribution in [2.75, 3.05) is 0 Å². The summed E-state index contributed by atoms with van der Waals surface area (Å²) in [4.78, 5) is 4.04. The van der Waals surface area contributed by atoms with E-state index in [4.69, 9.17) is 5.73 Å². The zero-order chi connectivity index (χ0) is 9.97. The molecule has 2 heterocycles. The summed E-state index contributed by atoms with van der Waals surface area (Å²) in [6, 6.07) is 1.99. The molecule has 0 aliphatic carbocycles. The number of hydrogen-bond donors (Lipinski definition) is 1. The molecule has 0 aromatic carbocycles. The standard InChI is InChI=1S/C9H13N5/c1-13-3-2-8(12-13)6-14-7-11-5-9(14)4-10/h2-3,5,7H,4,6,10H2,1H3. The molecule has 0 spiro atoms. The maximum atomic E-state index is 5.57. The van der Waals surface area contributed by atoms with Crippen molar-refractivity contribution in [3.63, 3.8) is 0 Å². The highest BCUT2D eigenvalue weighted by molar-refractivity contribution is 5.04. The van der Waals surface area contributed by atoms with Gasteiger partial charge in [0.2, 0.25) is 0 Å². The third-order valence-corrected chi connectivity index (χ3v) is 2.11. The number of imidazole rings is 1. The molecule has 0 radical (unpaired) electrons. The third kappa shape index (κ3) is 1.67. The van der Waals surface area contributed by atoms with E-state index in [9.17, 15) is 0 Å². The largest absolute Gasteiger partial charge is 0.327 e. The maximum absolute atomic E-state index is 5.57. The number of aryl methyl sites for hydroxylation is 1. The van der Waals surface area contributed by atoms with Crippen LogP contribution in [0.25, 0.3) is 0 Å². The van der Waals surface area contributed by atoms with Crippen molar-refractivity contribution in [3.05, 3.63) is 36.2 Å². The monoisotopic (exact) mass is 191 g/mol. The number of hydrogen-bond acceptors (Lipinski definition) is 3. The second kappa shape index (κ2) is 3.63. The molecule has 0 aliphatic rings. The van der Waals surface area contributed by atoms with Gasteiger partial charge in [0.1, 0.15) is 0 Å². The Balaban J connectivity index is 2.18. The summed E-state index contributed by atoms with van der Waals surface area (Å²) in [6.45, 7) is 1.24. The molecule has 5 nitrogen and oxygen atoms in total. The van der Waals surface area contributed by atoms with Crippen molar-refractivity contribution in [2.24, 2.45) is 12.8 Å². The first-order valence-electron chi connectivity index (χ1n) is 4.47. The Labute approximate surface area is 82.2 Å². The van der Waals surface area contributed by atoms with Crippen molar-refractivity contribution >= 4 is 0 Å². The van der Waals surface area contributed by atoms with Gasteiger partial charge in [-0.3, -0.25) is 4.68 Å². The van der Waals surface area contributed by atoms with Gasteiger partial charge in [0, 0.05) is 26.0 Å². The highest BCUT2D eigenvalue weighted by atomic mass is 15.3. The Kier molecular flexibility index (Phi) is 2.32. The second-order valence-corrected chi connectivity index (χ2v) is 3.20. The molecular weight excluding hydrogens is 178 g/mol. The third-order valence-electron chi connectivity index (χ3n) is 2.11. The predicted molar refractivity (Wildman–Crippen MR) is 52.4 cm³/mol. The number of nitrogens with two attached hydrogens (primary N) is 1. The lowest BCUT2D eigenvalue weighted by atomic mass is 10.4. The van der Waals surface area contributed by atoms with Crippen LogP contribution in [0, 0.1) is 0 Å². The Hall–Kier alpha value is -1.62. The first-order chi connectivity index (χ1) is 6.79. The van der Waals surface area contributed by atoms with Gasteiger partial charge in [-0.2, -0.15) is 5.10 Å². The lowest BCUT2D eigenvalue weighted by Crippen LogP contribution is -2.08. The lowest BCUT2D eigenvalue weighted by Gasteiger charge is -2.03. The first kappa shape index (κ1) is 8.96. The summed E-state index contributed by atoms with van der Waals surface area (Å²) >= 11 is 0. The van der Waals surface area contributed by atoms with Gasteiger partial charge in [-0.15, -0.1) is 0 Å². The fourth-order valence-electron chi connectivity index (χ4n) is 1.38. The van der Waals surface area contributed by atoms with Crippen molar-refractivity contribution in [2.45, 2.75) is 13.1 Å². The molecule has 0 saturated carbocycles. The minimum Gasteiger partial charge on any atom is -0.327 e. The average Bonchev–Trinajstić information content (AvgIpc) is 2.76. The van der Waals surface area contributed by atoms with Crippen molar-refractivity contribution in [3.8, 4) is 0 Å². The van der Waals surface area contributed by atoms with Gasteiger partial charge >= 0.3 is 0 Å². The highest BCUT2D eigenvalue weighted by Crippen LogP contribution is 2.03. The van der Waals surface area contributed by atoms with Crippen molar-refractivity contribution in [1.29, 1.82) is 0 Å². The predicted octanol–water partition coefficient (Wildman–Crippen LogP) is 0.124. The van der Waals surface area contributed by atoms with Crippen LogP contribution in [0.1, 0.15) is 11.4 Å². The molecule has 0 atom stereocenters. The van der Waals surface area contributed by atoms with Gasteiger partial charge in [0.15, 0.2) is 0 Å². The zero-order valence-electron chi connectivity index (χ0n) is 8.09. The minimum absolute atomic E-state index is 0.507. The van der Waals surface area contributed by atoms with Crippen LogP contribution < -0.4 is 5.73 Å². The second-order valence-electron chi connectivity index (χ2n) is 3.20. The van der Waals surface area contributed by atoms with Crippen LogP contribution in [-0.2, 0) is 20.1 Å². The van der Waals surface area contributed by atoms with E-state index < -0.39 is 0 Å². The number of rotatable bonds is 3. The van der Waals surface area contributed by atoms with E-state index in [2.05, 4.69) is 10.1 Å². The smallest absolute Gasteiger partial charge is 0.0952 e. The van der Waals surface area contributed by atoms with E-state index in [0.29, 0.717) is 6.54 Å². The van der Waals surface area contributed by atoms with Crippen LogP contribution in [0.2, 0.25) is 0 Å². The molecule has 0 unspecified atom stereocenters. The molecule has 2 aromatic heterocycles. The Morgan fingerprint density at radius 1 is 1.50 bits per heavy atom. The van der Waals surface area contributed by atoms with Crippen LogP contribution in [-0.4, -0.2) is 19.3 Å². The molecule has 0 fully saturated rings. The normalized spacial score (nSPS) is 10.7. The maximum Gasteiger partial charge on any atom is 0.0952 e. The summed E-state index contributed by atoms with van der Waals surface area (Å²) < 4.78 is 3.79. The van der Waals surface area contributed by atoms with Crippen LogP contribution in [0.3, 0.4) is 0 Å². The van der Waals surface area contributed by atoms with Crippen molar-refractivity contribution in [1.82, 2.24) is 19.3 Å². The molecule has 2 rings (SSSR count). The summed E-state index contributed by atoms with van der Waals surface area (Å²) in [5.74, 6) is 0. The van der Waals surface area contributed by atoms with Gasteiger partial charge in [0.25, 0.3) is 0 Å². The van der Waals surface area contributed by atoms with Crippen LogP contribution in [0.5, 0.6) is 0 Å². The molecule has 0 bridgehead atoms.